The summed E-state index contributed by atoms with van der Waals surface area (Å²) in [6.07, 6.45) is -0.298. The lowest BCUT2D eigenvalue weighted by atomic mass is 9.81. The first-order valence-corrected chi connectivity index (χ1v) is 9.65. The molecular weight excluding hydrogens is 385 g/mol. The zero-order chi connectivity index (χ0) is 20.5. The van der Waals surface area contributed by atoms with E-state index < -0.39 is 35.9 Å². The Balaban J connectivity index is 1.57. The van der Waals surface area contributed by atoms with E-state index in [4.69, 9.17) is 0 Å². The summed E-state index contributed by atoms with van der Waals surface area (Å²) in [6.45, 7) is -0.0815. The number of alkyl halides is 3. The Morgan fingerprint density at radius 3 is 2.48 bits per heavy atom. The number of carbonyl (C=O) groups excluding carboxylic acids is 1. The number of aromatic nitrogens is 1. The summed E-state index contributed by atoms with van der Waals surface area (Å²) in [6, 6.07) is 4.92. The summed E-state index contributed by atoms with van der Waals surface area (Å²) in [5.74, 6) is -4.34. The molecule has 2 bridgehead atoms. The molecule has 1 aromatic heterocycles. The molecule has 0 radical (unpaired) electrons. The van der Waals surface area contributed by atoms with E-state index in [1.165, 1.54) is 0 Å². The molecule has 2 heterocycles. The number of para-hydroxylation sites is 1. The van der Waals surface area contributed by atoms with Crippen LogP contribution in [-0.4, -0.2) is 39.6 Å². The number of benzene rings is 1. The predicted molar refractivity (Wildman–Crippen MR) is 97.9 cm³/mol. The van der Waals surface area contributed by atoms with Crippen molar-refractivity contribution in [2.45, 2.75) is 25.1 Å². The Morgan fingerprint density at radius 2 is 1.79 bits per heavy atom. The van der Waals surface area contributed by atoms with Crippen molar-refractivity contribution in [3.63, 3.8) is 0 Å². The third-order valence-electron chi connectivity index (χ3n) is 6.66. The summed E-state index contributed by atoms with van der Waals surface area (Å²) in [4.78, 5) is 28.8. The summed E-state index contributed by atoms with van der Waals surface area (Å²) in [7, 11) is 0. The predicted octanol–water partition coefficient (Wildman–Crippen LogP) is 3.68. The highest BCUT2D eigenvalue weighted by atomic mass is 19.4. The molecule has 1 aliphatic heterocycles. The highest BCUT2D eigenvalue weighted by molar-refractivity contribution is 5.89. The molecule has 5 nitrogen and oxygen atoms in total. The van der Waals surface area contributed by atoms with Gasteiger partial charge in [0.25, 0.3) is 0 Å². The fraction of sp³-hybridized carbons (Fsp3) is 0.429. The maximum atomic E-state index is 14.1. The van der Waals surface area contributed by atoms with Gasteiger partial charge in [0.15, 0.2) is 6.04 Å². The van der Waals surface area contributed by atoms with Crippen molar-refractivity contribution in [1.29, 1.82) is 0 Å². The van der Waals surface area contributed by atoms with Crippen molar-refractivity contribution in [3.05, 3.63) is 47.7 Å². The van der Waals surface area contributed by atoms with Gasteiger partial charge >= 0.3 is 12.1 Å². The van der Waals surface area contributed by atoms with Crippen molar-refractivity contribution >= 4 is 22.8 Å². The molecule has 2 aromatic rings. The number of hydrogen-bond donors (Lipinski definition) is 2. The Morgan fingerprint density at radius 1 is 1.10 bits per heavy atom. The van der Waals surface area contributed by atoms with Crippen LogP contribution < -0.4 is 0 Å². The number of fused-ring (bicyclic) bond motifs is 5. The third-order valence-corrected chi connectivity index (χ3v) is 6.66. The molecule has 2 aliphatic carbocycles. The van der Waals surface area contributed by atoms with Gasteiger partial charge < -0.3 is 15.0 Å². The van der Waals surface area contributed by atoms with Gasteiger partial charge in [0.2, 0.25) is 5.91 Å². The molecular formula is C21H19F3N2O3. The highest BCUT2D eigenvalue weighted by Gasteiger charge is 2.57. The van der Waals surface area contributed by atoms with Gasteiger partial charge in [-0.05, 0) is 36.3 Å². The first-order valence-electron chi connectivity index (χ1n) is 9.65. The molecule has 0 saturated heterocycles. The number of rotatable bonds is 2. The second kappa shape index (κ2) is 6.11. The minimum Gasteiger partial charge on any atom is -0.481 e. The van der Waals surface area contributed by atoms with Crippen molar-refractivity contribution in [3.8, 4) is 0 Å². The number of carbonyl (C=O) groups is 2. The Labute approximate surface area is 164 Å². The smallest absolute Gasteiger partial charge is 0.414 e. The number of nitrogens with one attached hydrogen (secondary N) is 1. The number of hydrogen-bond acceptors (Lipinski definition) is 2. The lowest BCUT2D eigenvalue weighted by molar-refractivity contribution is -0.197. The van der Waals surface area contributed by atoms with Crippen LogP contribution in [0, 0.1) is 23.7 Å². The van der Waals surface area contributed by atoms with Crippen molar-refractivity contribution < 1.29 is 27.9 Å². The van der Waals surface area contributed by atoms with Gasteiger partial charge in [-0.25, -0.2) is 0 Å². The maximum Gasteiger partial charge on any atom is 0.414 e. The standard InChI is InChI=1S/C21H19F3N2O3/c22-21(23,24)18-17-13(12-3-1-2-4-14(12)25-17)7-8-26(18)19(27)15-10-5-6-11(9-10)16(15)20(28)29/h1-6,10-11,15-16,18,25H,7-9H2,(H,28,29). The molecule has 3 aliphatic rings. The SMILES string of the molecule is O=C(O)C1C2C=CC(C2)C1C(=O)N1CCc2c([nH]c3ccccc23)C1C(F)(F)F. The number of amides is 1. The van der Waals surface area contributed by atoms with E-state index in [-0.39, 0.29) is 24.1 Å². The van der Waals surface area contributed by atoms with E-state index in [9.17, 15) is 27.9 Å². The Bertz CT molecular complexity index is 1040. The molecule has 5 atom stereocenters. The number of H-pyrrole nitrogens is 1. The molecule has 1 amide bonds. The average molecular weight is 404 g/mol. The van der Waals surface area contributed by atoms with Crippen LogP contribution in [0.4, 0.5) is 13.2 Å². The Kier molecular flexibility index (Phi) is 3.85. The van der Waals surface area contributed by atoms with Crippen molar-refractivity contribution in [1.82, 2.24) is 9.88 Å². The van der Waals surface area contributed by atoms with Crippen LogP contribution in [0.25, 0.3) is 10.9 Å². The quantitative estimate of drug-likeness (QED) is 0.750. The molecule has 1 fully saturated rings. The average Bonchev–Trinajstić information content (AvgIpc) is 3.37. The minimum atomic E-state index is -4.67. The summed E-state index contributed by atoms with van der Waals surface area (Å²) in [5.41, 5.74) is 1.17. The highest BCUT2D eigenvalue weighted by Crippen LogP contribution is 2.51. The van der Waals surface area contributed by atoms with E-state index in [0.29, 0.717) is 23.9 Å². The zero-order valence-electron chi connectivity index (χ0n) is 15.3. The van der Waals surface area contributed by atoms with Crippen LogP contribution in [-0.2, 0) is 16.0 Å². The van der Waals surface area contributed by atoms with Crippen molar-refractivity contribution in [2.24, 2.45) is 23.7 Å². The number of aliphatic carboxylic acids is 1. The first-order chi connectivity index (χ1) is 13.8. The number of allylic oxidation sites excluding steroid dienone is 2. The molecule has 8 heteroatoms. The zero-order valence-corrected chi connectivity index (χ0v) is 15.3. The minimum absolute atomic E-state index is 0.0103. The van der Waals surface area contributed by atoms with Crippen LogP contribution in [0.3, 0.4) is 0 Å². The summed E-state index contributed by atoms with van der Waals surface area (Å²) < 4.78 is 42.4. The summed E-state index contributed by atoms with van der Waals surface area (Å²) in [5, 5.41) is 10.3. The van der Waals surface area contributed by atoms with Gasteiger partial charge in [-0.15, -0.1) is 0 Å². The number of carboxylic acid groups (broad SMARTS) is 1. The molecule has 5 unspecified atom stereocenters. The molecule has 5 rings (SSSR count). The maximum absolute atomic E-state index is 14.1. The van der Waals surface area contributed by atoms with E-state index in [0.717, 1.165) is 10.3 Å². The largest absolute Gasteiger partial charge is 0.481 e. The van der Waals surface area contributed by atoms with E-state index in [1.807, 2.05) is 0 Å². The van der Waals surface area contributed by atoms with Crippen LogP contribution in [0.5, 0.6) is 0 Å². The van der Waals surface area contributed by atoms with Gasteiger partial charge in [0, 0.05) is 17.4 Å². The van der Waals surface area contributed by atoms with E-state index >= 15 is 0 Å². The topological polar surface area (TPSA) is 73.4 Å². The lowest BCUT2D eigenvalue weighted by Crippen LogP contribution is -2.51. The Hall–Kier alpha value is -2.77. The first kappa shape index (κ1) is 18.3. The molecule has 0 spiro atoms. The lowest BCUT2D eigenvalue weighted by Gasteiger charge is -2.39. The fourth-order valence-electron chi connectivity index (χ4n) is 5.51. The van der Waals surface area contributed by atoms with Crippen LogP contribution in [0.2, 0.25) is 0 Å². The van der Waals surface area contributed by atoms with Gasteiger partial charge in [-0.3, -0.25) is 9.59 Å². The summed E-state index contributed by atoms with van der Waals surface area (Å²) >= 11 is 0. The normalized spacial score (nSPS) is 30.7. The molecule has 1 saturated carbocycles. The molecule has 29 heavy (non-hydrogen) atoms. The number of aromatic amines is 1. The molecule has 2 N–H and O–H groups in total. The number of carboxylic acids is 1. The van der Waals surface area contributed by atoms with E-state index in [2.05, 4.69) is 4.98 Å². The number of nitrogens with zero attached hydrogens (tertiary/aromatic N) is 1. The van der Waals surface area contributed by atoms with Gasteiger partial charge in [0.1, 0.15) is 0 Å². The number of halogens is 3. The third kappa shape index (κ3) is 2.61. The van der Waals surface area contributed by atoms with Crippen LogP contribution >= 0.6 is 0 Å². The van der Waals surface area contributed by atoms with Crippen LogP contribution in [0.1, 0.15) is 23.7 Å². The second-order valence-corrected chi connectivity index (χ2v) is 8.13. The fourth-order valence-corrected chi connectivity index (χ4v) is 5.51. The molecule has 152 valence electrons. The van der Waals surface area contributed by atoms with E-state index in [1.54, 1.807) is 36.4 Å². The van der Waals surface area contributed by atoms with Crippen LogP contribution in [0.15, 0.2) is 36.4 Å². The second-order valence-electron chi connectivity index (χ2n) is 8.13. The van der Waals surface area contributed by atoms with Gasteiger partial charge in [-0.2, -0.15) is 13.2 Å². The van der Waals surface area contributed by atoms with Gasteiger partial charge in [-0.1, -0.05) is 30.4 Å². The monoisotopic (exact) mass is 404 g/mol. The van der Waals surface area contributed by atoms with Crippen molar-refractivity contribution in [2.75, 3.05) is 6.54 Å². The van der Waals surface area contributed by atoms with Gasteiger partial charge in [0.05, 0.1) is 17.5 Å². The molecule has 1 aromatic carbocycles.